The third-order valence-corrected chi connectivity index (χ3v) is 3.17. The second kappa shape index (κ2) is 5.30. The molecule has 2 aromatic rings. The molecule has 0 radical (unpaired) electrons. The summed E-state index contributed by atoms with van der Waals surface area (Å²) in [5.74, 6) is 0. The van der Waals surface area contributed by atoms with Crippen molar-refractivity contribution in [3.05, 3.63) is 64.4 Å². The molecule has 0 saturated heterocycles. The van der Waals surface area contributed by atoms with Crippen LogP contribution in [0.15, 0.2) is 42.6 Å². The van der Waals surface area contributed by atoms with Crippen LogP contribution in [-0.2, 0) is 0 Å². The van der Waals surface area contributed by atoms with Crippen LogP contribution in [0.25, 0.3) is 0 Å². The zero-order valence-corrected chi connectivity index (χ0v) is 10.7. The molecule has 1 aromatic carbocycles. The minimum Gasteiger partial charge on any atom is -0.308 e. The minimum atomic E-state index is 0.0323. The van der Waals surface area contributed by atoms with Crippen molar-refractivity contribution in [1.29, 1.82) is 0 Å². The summed E-state index contributed by atoms with van der Waals surface area (Å²) in [6.07, 6.45) is 1.81. The molecule has 88 valence electrons. The fourth-order valence-electron chi connectivity index (χ4n) is 1.95. The van der Waals surface area contributed by atoms with E-state index < -0.39 is 0 Å². The normalized spacial score (nSPS) is 12.4. The molecular weight excluding hydrogens is 232 g/mol. The Morgan fingerprint density at radius 2 is 1.94 bits per heavy atom. The average molecular weight is 247 g/mol. The van der Waals surface area contributed by atoms with Crippen molar-refractivity contribution in [3.63, 3.8) is 0 Å². The van der Waals surface area contributed by atoms with Gasteiger partial charge in [-0.1, -0.05) is 35.9 Å². The van der Waals surface area contributed by atoms with E-state index in [9.17, 15) is 0 Å². The topological polar surface area (TPSA) is 24.9 Å². The molecule has 1 unspecified atom stereocenters. The summed E-state index contributed by atoms with van der Waals surface area (Å²) in [5, 5.41) is 4.03. The Hall–Kier alpha value is -1.38. The van der Waals surface area contributed by atoms with Gasteiger partial charge in [0, 0.05) is 11.2 Å². The molecule has 0 spiro atoms. The van der Waals surface area contributed by atoms with E-state index in [1.54, 1.807) is 0 Å². The molecule has 2 nitrogen and oxygen atoms in total. The Bertz CT molecular complexity index is 466. The van der Waals surface area contributed by atoms with Gasteiger partial charge in [0.15, 0.2) is 0 Å². The number of hydrogen-bond donors (Lipinski definition) is 1. The monoisotopic (exact) mass is 246 g/mol. The van der Waals surface area contributed by atoms with Crippen LogP contribution in [0.1, 0.15) is 22.9 Å². The van der Waals surface area contributed by atoms with Gasteiger partial charge in [0.1, 0.15) is 0 Å². The summed E-state index contributed by atoms with van der Waals surface area (Å²) in [6, 6.07) is 11.9. The standard InChI is InChI=1S/C14H15ClN2/c1-10-6-5-9-17-13(10)14(16-2)11-7-3-4-8-12(11)15/h3-9,14,16H,1-2H3. The van der Waals surface area contributed by atoms with Gasteiger partial charge in [-0.25, -0.2) is 0 Å². The Labute approximate surface area is 107 Å². The van der Waals surface area contributed by atoms with Crippen LogP contribution in [-0.4, -0.2) is 12.0 Å². The summed E-state index contributed by atoms with van der Waals surface area (Å²) >= 11 is 6.23. The lowest BCUT2D eigenvalue weighted by Gasteiger charge is -2.19. The molecule has 17 heavy (non-hydrogen) atoms. The smallest absolute Gasteiger partial charge is 0.0766 e. The fraction of sp³-hybridized carbons (Fsp3) is 0.214. The molecule has 0 aliphatic rings. The van der Waals surface area contributed by atoms with Gasteiger partial charge in [0.25, 0.3) is 0 Å². The molecule has 3 heteroatoms. The molecule has 1 N–H and O–H groups in total. The Kier molecular flexibility index (Phi) is 3.77. The Balaban J connectivity index is 2.48. The Morgan fingerprint density at radius 1 is 1.18 bits per heavy atom. The van der Waals surface area contributed by atoms with Crippen LogP contribution < -0.4 is 5.32 Å². The highest BCUT2D eigenvalue weighted by Gasteiger charge is 2.17. The molecule has 2 rings (SSSR count). The second-order valence-corrected chi connectivity index (χ2v) is 4.36. The van der Waals surface area contributed by atoms with Gasteiger partial charge in [-0.15, -0.1) is 0 Å². The van der Waals surface area contributed by atoms with Crippen LogP contribution in [0.5, 0.6) is 0 Å². The maximum atomic E-state index is 6.23. The van der Waals surface area contributed by atoms with E-state index in [0.717, 1.165) is 21.8 Å². The second-order valence-electron chi connectivity index (χ2n) is 3.95. The van der Waals surface area contributed by atoms with Gasteiger partial charge in [-0.05, 0) is 37.2 Å². The third-order valence-electron chi connectivity index (χ3n) is 2.83. The van der Waals surface area contributed by atoms with E-state index in [0.29, 0.717) is 0 Å². The summed E-state index contributed by atoms with van der Waals surface area (Å²) < 4.78 is 0. The SMILES string of the molecule is CNC(c1ccccc1Cl)c1ncccc1C. The van der Waals surface area contributed by atoms with Crippen LogP contribution in [0.2, 0.25) is 5.02 Å². The largest absolute Gasteiger partial charge is 0.308 e. The van der Waals surface area contributed by atoms with E-state index in [1.807, 2.05) is 43.6 Å². The molecule has 0 amide bonds. The lowest BCUT2D eigenvalue weighted by Crippen LogP contribution is -2.20. The minimum absolute atomic E-state index is 0.0323. The summed E-state index contributed by atoms with van der Waals surface area (Å²) in [4.78, 5) is 4.45. The molecule has 1 heterocycles. The summed E-state index contributed by atoms with van der Waals surface area (Å²) in [6.45, 7) is 2.06. The number of pyridine rings is 1. The van der Waals surface area contributed by atoms with E-state index in [2.05, 4.69) is 23.3 Å². The molecule has 0 aliphatic carbocycles. The van der Waals surface area contributed by atoms with Gasteiger partial charge in [-0.3, -0.25) is 4.98 Å². The lowest BCUT2D eigenvalue weighted by atomic mass is 10.00. The molecule has 1 atom stereocenters. The van der Waals surface area contributed by atoms with Gasteiger partial charge >= 0.3 is 0 Å². The number of aromatic nitrogens is 1. The van der Waals surface area contributed by atoms with Crippen molar-refractivity contribution in [2.75, 3.05) is 7.05 Å². The predicted molar refractivity (Wildman–Crippen MR) is 71.3 cm³/mol. The number of nitrogens with zero attached hydrogens (tertiary/aromatic N) is 1. The average Bonchev–Trinajstić information content (AvgIpc) is 2.34. The maximum absolute atomic E-state index is 6.23. The first kappa shape index (κ1) is 12.1. The molecule has 0 fully saturated rings. The van der Waals surface area contributed by atoms with Crippen molar-refractivity contribution in [1.82, 2.24) is 10.3 Å². The highest BCUT2D eigenvalue weighted by atomic mass is 35.5. The van der Waals surface area contributed by atoms with E-state index in [4.69, 9.17) is 11.6 Å². The first-order chi connectivity index (χ1) is 8.24. The maximum Gasteiger partial charge on any atom is 0.0766 e. The Morgan fingerprint density at radius 3 is 2.59 bits per heavy atom. The lowest BCUT2D eigenvalue weighted by molar-refractivity contribution is 0.666. The quantitative estimate of drug-likeness (QED) is 0.899. The summed E-state index contributed by atoms with van der Waals surface area (Å²) in [7, 11) is 1.92. The highest BCUT2D eigenvalue weighted by molar-refractivity contribution is 6.31. The van der Waals surface area contributed by atoms with E-state index in [1.165, 1.54) is 0 Å². The van der Waals surface area contributed by atoms with Gasteiger partial charge < -0.3 is 5.32 Å². The van der Waals surface area contributed by atoms with Crippen LogP contribution >= 0.6 is 11.6 Å². The first-order valence-electron chi connectivity index (χ1n) is 5.57. The summed E-state index contributed by atoms with van der Waals surface area (Å²) in [5.41, 5.74) is 3.23. The van der Waals surface area contributed by atoms with E-state index in [-0.39, 0.29) is 6.04 Å². The van der Waals surface area contributed by atoms with Crippen molar-refractivity contribution in [2.45, 2.75) is 13.0 Å². The van der Waals surface area contributed by atoms with Crippen molar-refractivity contribution in [3.8, 4) is 0 Å². The molecule has 0 bridgehead atoms. The van der Waals surface area contributed by atoms with E-state index >= 15 is 0 Å². The van der Waals surface area contributed by atoms with Crippen LogP contribution in [0.4, 0.5) is 0 Å². The van der Waals surface area contributed by atoms with Gasteiger partial charge in [0.05, 0.1) is 11.7 Å². The highest BCUT2D eigenvalue weighted by Crippen LogP contribution is 2.28. The third kappa shape index (κ3) is 2.48. The van der Waals surface area contributed by atoms with Crippen LogP contribution in [0, 0.1) is 6.92 Å². The van der Waals surface area contributed by atoms with Crippen molar-refractivity contribution >= 4 is 11.6 Å². The molecule has 0 aliphatic heterocycles. The molecular formula is C14H15ClN2. The van der Waals surface area contributed by atoms with Crippen molar-refractivity contribution < 1.29 is 0 Å². The van der Waals surface area contributed by atoms with Crippen molar-refractivity contribution in [2.24, 2.45) is 0 Å². The molecule has 1 aromatic heterocycles. The number of halogens is 1. The van der Waals surface area contributed by atoms with Gasteiger partial charge in [-0.2, -0.15) is 0 Å². The number of benzene rings is 1. The number of rotatable bonds is 3. The predicted octanol–water partition coefficient (Wildman–Crippen LogP) is 3.35. The zero-order valence-electron chi connectivity index (χ0n) is 9.94. The first-order valence-corrected chi connectivity index (χ1v) is 5.95. The van der Waals surface area contributed by atoms with Crippen LogP contribution in [0.3, 0.4) is 0 Å². The number of aryl methyl sites for hydroxylation is 1. The number of hydrogen-bond acceptors (Lipinski definition) is 2. The molecule has 0 saturated carbocycles. The zero-order chi connectivity index (χ0) is 12.3. The fourth-order valence-corrected chi connectivity index (χ4v) is 2.19. The number of nitrogens with one attached hydrogen (secondary N) is 1. The van der Waals surface area contributed by atoms with Gasteiger partial charge in [0.2, 0.25) is 0 Å².